The van der Waals surface area contributed by atoms with Crippen LogP contribution in [0.5, 0.6) is 0 Å². The number of thiophene rings is 1. The largest absolute Gasteiger partial charge is 0.307 e. The average Bonchev–Trinajstić information content (AvgIpc) is 2.74. The van der Waals surface area contributed by atoms with E-state index < -0.39 is 0 Å². The first-order chi connectivity index (χ1) is 7.65. The van der Waals surface area contributed by atoms with Crippen molar-refractivity contribution in [2.75, 3.05) is 0 Å². The maximum absolute atomic E-state index is 4.33. The van der Waals surface area contributed by atoms with Crippen LogP contribution in [0.4, 0.5) is 0 Å². The topological polar surface area (TPSA) is 29.9 Å². The molecule has 0 radical (unpaired) electrons. The summed E-state index contributed by atoms with van der Waals surface area (Å²) in [6.45, 7) is 6.08. The molecule has 0 spiro atoms. The normalized spacial score (nSPS) is 10.9. The predicted octanol–water partition coefficient (Wildman–Crippen LogP) is 2.39. The predicted molar refractivity (Wildman–Crippen MR) is 67.5 cm³/mol. The smallest absolute Gasteiger partial charge is 0.0762 e. The van der Waals surface area contributed by atoms with E-state index in [-0.39, 0.29) is 0 Å². The highest BCUT2D eigenvalue weighted by Gasteiger charge is 2.02. The second-order valence-electron chi connectivity index (χ2n) is 4.02. The molecular formula is C12H17N3S. The van der Waals surface area contributed by atoms with Gasteiger partial charge >= 0.3 is 0 Å². The molecule has 2 aromatic rings. The summed E-state index contributed by atoms with van der Waals surface area (Å²) >= 11 is 1.86. The van der Waals surface area contributed by atoms with Crippen LogP contribution in [-0.4, -0.2) is 9.78 Å². The van der Waals surface area contributed by atoms with E-state index in [1.54, 1.807) is 0 Å². The fourth-order valence-electron chi connectivity index (χ4n) is 1.74. The molecule has 0 saturated carbocycles. The summed E-state index contributed by atoms with van der Waals surface area (Å²) in [5.41, 5.74) is 2.49. The van der Waals surface area contributed by atoms with Gasteiger partial charge in [-0.25, -0.2) is 0 Å². The minimum absolute atomic E-state index is 0.829. The summed E-state index contributed by atoms with van der Waals surface area (Å²) in [5.74, 6) is 0. The molecule has 0 saturated heterocycles. The van der Waals surface area contributed by atoms with Crippen LogP contribution in [0.3, 0.4) is 0 Å². The van der Waals surface area contributed by atoms with E-state index in [1.165, 1.54) is 15.3 Å². The van der Waals surface area contributed by atoms with Gasteiger partial charge in [0.15, 0.2) is 0 Å². The molecule has 0 aliphatic rings. The van der Waals surface area contributed by atoms with Crippen LogP contribution in [-0.2, 0) is 20.1 Å². The Balaban J connectivity index is 1.86. The maximum Gasteiger partial charge on any atom is 0.0762 e. The molecule has 2 heterocycles. The Morgan fingerprint density at radius 1 is 1.38 bits per heavy atom. The van der Waals surface area contributed by atoms with Gasteiger partial charge in [-0.15, -0.1) is 11.3 Å². The van der Waals surface area contributed by atoms with E-state index in [1.807, 2.05) is 35.3 Å². The van der Waals surface area contributed by atoms with Crippen molar-refractivity contribution in [1.82, 2.24) is 15.1 Å². The maximum atomic E-state index is 4.33. The Morgan fingerprint density at radius 3 is 2.75 bits per heavy atom. The van der Waals surface area contributed by atoms with Gasteiger partial charge in [0, 0.05) is 36.1 Å². The minimum atomic E-state index is 0.829. The fourth-order valence-corrected chi connectivity index (χ4v) is 2.69. The van der Waals surface area contributed by atoms with Crippen LogP contribution in [0.2, 0.25) is 0 Å². The highest BCUT2D eigenvalue weighted by Crippen LogP contribution is 2.20. The van der Waals surface area contributed by atoms with E-state index in [4.69, 9.17) is 0 Å². The summed E-state index contributed by atoms with van der Waals surface area (Å²) in [5, 5.41) is 7.74. The van der Waals surface area contributed by atoms with Gasteiger partial charge < -0.3 is 5.32 Å². The number of rotatable bonds is 4. The van der Waals surface area contributed by atoms with Gasteiger partial charge in [0.2, 0.25) is 0 Å². The number of aromatic nitrogens is 2. The number of aryl methyl sites for hydroxylation is 3. The molecule has 2 rings (SSSR count). The molecule has 0 atom stereocenters. The van der Waals surface area contributed by atoms with Gasteiger partial charge in [0.25, 0.3) is 0 Å². The highest BCUT2D eigenvalue weighted by molar-refractivity contribution is 7.12. The Hall–Kier alpha value is -1.13. The van der Waals surface area contributed by atoms with Gasteiger partial charge in [-0.2, -0.15) is 5.10 Å². The lowest BCUT2D eigenvalue weighted by Gasteiger charge is -2.01. The quantitative estimate of drug-likeness (QED) is 0.882. The lowest BCUT2D eigenvalue weighted by atomic mass is 10.2. The molecule has 0 amide bonds. The molecule has 0 fully saturated rings. The molecule has 86 valence electrons. The number of hydrogen-bond donors (Lipinski definition) is 1. The van der Waals surface area contributed by atoms with Gasteiger partial charge in [0.05, 0.1) is 5.69 Å². The van der Waals surface area contributed by atoms with Crippen molar-refractivity contribution in [2.24, 2.45) is 7.05 Å². The first-order valence-corrected chi connectivity index (χ1v) is 6.22. The van der Waals surface area contributed by atoms with Crippen LogP contribution in [0, 0.1) is 13.8 Å². The number of nitrogens with one attached hydrogen (secondary N) is 1. The average molecular weight is 235 g/mol. The molecule has 0 unspecified atom stereocenters. The Kier molecular flexibility index (Phi) is 3.41. The van der Waals surface area contributed by atoms with Crippen molar-refractivity contribution < 1.29 is 0 Å². The van der Waals surface area contributed by atoms with Crippen molar-refractivity contribution in [3.05, 3.63) is 39.3 Å². The van der Waals surface area contributed by atoms with Crippen LogP contribution in [0.15, 0.2) is 18.3 Å². The SMILES string of the molecule is Cc1cc(CNCc2ccn(C)n2)c(C)s1. The van der Waals surface area contributed by atoms with E-state index in [0.717, 1.165) is 18.8 Å². The third-order valence-electron chi connectivity index (χ3n) is 2.53. The van der Waals surface area contributed by atoms with Crippen LogP contribution in [0.25, 0.3) is 0 Å². The zero-order chi connectivity index (χ0) is 11.5. The first kappa shape index (κ1) is 11.4. The molecular weight excluding hydrogens is 218 g/mol. The minimum Gasteiger partial charge on any atom is -0.307 e. The van der Waals surface area contributed by atoms with E-state index in [0.29, 0.717) is 0 Å². The van der Waals surface area contributed by atoms with Gasteiger partial charge in [-0.1, -0.05) is 0 Å². The molecule has 3 nitrogen and oxygen atoms in total. The molecule has 16 heavy (non-hydrogen) atoms. The Bertz CT molecular complexity index is 470. The summed E-state index contributed by atoms with van der Waals surface area (Å²) < 4.78 is 1.83. The zero-order valence-electron chi connectivity index (χ0n) is 9.95. The van der Waals surface area contributed by atoms with Crippen LogP contribution in [0.1, 0.15) is 21.0 Å². The van der Waals surface area contributed by atoms with E-state index in [9.17, 15) is 0 Å². The molecule has 0 aliphatic heterocycles. The summed E-state index contributed by atoms with van der Waals surface area (Å²) in [7, 11) is 1.94. The standard InChI is InChI=1S/C12H17N3S/c1-9-6-11(10(2)16-9)7-13-8-12-4-5-15(3)14-12/h4-6,13H,7-8H2,1-3H3. The van der Waals surface area contributed by atoms with Gasteiger partial charge in [-0.05, 0) is 31.5 Å². The Labute approximate surface area is 100 Å². The van der Waals surface area contributed by atoms with E-state index >= 15 is 0 Å². The number of hydrogen-bond acceptors (Lipinski definition) is 3. The van der Waals surface area contributed by atoms with Crippen molar-refractivity contribution in [3.63, 3.8) is 0 Å². The third kappa shape index (κ3) is 2.71. The van der Waals surface area contributed by atoms with Gasteiger partial charge in [-0.3, -0.25) is 4.68 Å². The van der Waals surface area contributed by atoms with Crippen LogP contribution < -0.4 is 5.32 Å². The molecule has 2 aromatic heterocycles. The third-order valence-corrected chi connectivity index (χ3v) is 3.54. The fraction of sp³-hybridized carbons (Fsp3) is 0.417. The summed E-state index contributed by atoms with van der Waals surface area (Å²) in [4.78, 5) is 2.79. The first-order valence-electron chi connectivity index (χ1n) is 5.40. The molecule has 0 aromatic carbocycles. The number of nitrogens with zero attached hydrogens (tertiary/aromatic N) is 2. The van der Waals surface area contributed by atoms with Crippen molar-refractivity contribution in [3.8, 4) is 0 Å². The van der Waals surface area contributed by atoms with E-state index in [2.05, 4.69) is 30.3 Å². The molecule has 0 aliphatic carbocycles. The monoisotopic (exact) mass is 235 g/mol. The van der Waals surface area contributed by atoms with Crippen LogP contribution >= 0.6 is 11.3 Å². The highest BCUT2D eigenvalue weighted by atomic mass is 32.1. The lowest BCUT2D eigenvalue weighted by Crippen LogP contribution is -2.13. The molecule has 4 heteroatoms. The Morgan fingerprint density at radius 2 is 2.19 bits per heavy atom. The van der Waals surface area contributed by atoms with Crippen molar-refractivity contribution in [2.45, 2.75) is 26.9 Å². The lowest BCUT2D eigenvalue weighted by molar-refractivity contribution is 0.656. The zero-order valence-corrected chi connectivity index (χ0v) is 10.8. The van der Waals surface area contributed by atoms with Crippen molar-refractivity contribution >= 4 is 11.3 Å². The summed E-state index contributed by atoms with van der Waals surface area (Å²) in [6, 6.07) is 4.30. The second-order valence-corrected chi connectivity index (χ2v) is 5.48. The second kappa shape index (κ2) is 4.80. The molecule has 0 bridgehead atoms. The van der Waals surface area contributed by atoms with Gasteiger partial charge in [0.1, 0.15) is 0 Å². The molecule has 1 N–H and O–H groups in total. The van der Waals surface area contributed by atoms with Crippen molar-refractivity contribution in [1.29, 1.82) is 0 Å². The summed E-state index contributed by atoms with van der Waals surface area (Å²) in [6.07, 6.45) is 1.97.